The van der Waals surface area contributed by atoms with Crippen molar-refractivity contribution in [2.24, 2.45) is 0 Å². The van der Waals surface area contributed by atoms with E-state index in [2.05, 4.69) is 20.3 Å². The van der Waals surface area contributed by atoms with Crippen LogP contribution in [0.5, 0.6) is 0 Å². The molecule has 0 aliphatic rings. The predicted molar refractivity (Wildman–Crippen MR) is 90.4 cm³/mol. The van der Waals surface area contributed by atoms with Gasteiger partial charge < -0.3 is 5.32 Å². The second-order valence-corrected chi connectivity index (χ2v) is 5.38. The maximum Gasteiger partial charge on any atom is 0.137 e. The van der Waals surface area contributed by atoms with Crippen molar-refractivity contribution in [3.05, 3.63) is 78.8 Å². The highest BCUT2D eigenvalue weighted by atomic mass is 19.1. The van der Waals surface area contributed by atoms with E-state index >= 15 is 0 Å². The van der Waals surface area contributed by atoms with Crippen LogP contribution in [0.15, 0.2) is 67.4 Å². The number of hydrogen-bond donors (Lipinski definition) is 1. The third-order valence-corrected chi connectivity index (χ3v) is 3.71. The summed E-state index contributed by atoms with van der Waals surface area (Å²) in [5.74, 6) is 1.23. The zero-order chi connectivity index (χ0) is 16.4. The Kier molecular flexibility index (Phi) is 3.63. The lowest BCUT2D eigenvalue weighted by Gasteiger charge is -2.08. The third-order valence-electron chi connectivity index (χ3n) is 3.71. The summed E-state index contributed by atoms with van der Waals surface area (Å²) in [4.78, 5) is 12.8. The number of benzene rings is 1. The van der Waals surface area contributed by atoms with Gasteiger partial charge in [0.05, 0.1) is 5.52 Å². The molecule has 0 bridgehead atoms. The Morgan fingerprint density at radius 1 is 1.08 bits per heavy atom. The summed E-state index contributed by atoms with van der Waals surface area (Å²) < 4.78 is 15.1. The van der Waals surface area contributed by atoms with Crippen LogP contribution >= 0.6 is 0 Å². The SMILES string of the molecule is Fc1ccc2ccc(NCc3ccc(-n4ccnc4)nc3)nc2c1. The Morgan fingerprint density at radius 2 is 2.00 bits per heavy atom. The van der Waals surface area contributed by atoms with Crippen LogP contribution < -0.4 is 5.32 Å². The van der Waals surface area contributed by atoms with E-state index in [0.29, 0.717) is 17.9 Å². The monoisotopic (exact) mass is 319 g/mol. The van der Waals surface area contributed by atoms with Crippen molar-refractivity contribution in [2.75, 3.05) is 5.32 Å². The van der Waals surface area contributed by atoms with Crippen LogP contribution in [0.4, 0.5) is 10.2 Å². The fourth-order valence-corrected chi connectivity index (χ4v) is 2.45. The van der Waals surface area contributed by atoms with E-state index in [-0.39, 0.29) is 5.82 Å². The molecule has 4 aromatic rings. The average molecular weight is 319 g/mol. The van der Waals surface area contributed by atoms with Crippen molar-refractivity contribution in [1.82, 2.24) is 19.5 Å². The fourth-order valence-electron chi connectivity index (χ4n) is 2.45. The largest absolute Gasteiger partial charge is 0.366 e. The van der Waals surface area contributed by atoms with Gasteiger partial charge in [-0.15, -0.1) is 0 Å². The molecule has 0 spiro atoms. The number of fused-ring (bicyclic) bond motifs is 1. The van der Waals surface area contributed by atoms with E-state index in [9.17, 15) is 4.39 Å². The molecule has 3 aromatic heterocycles. The number of hydrogen-bond acceptors (Lipinski definition) is 4. The van der Waals surface area contributed by atoms with Gasteiger partial charge in [0, 0.05) is 36.6 Å². The van der Waals surface area contributed by atoms with E-state index < -0.39 is 0 Å². The minimum absolute atomic E-state index is 0.286. The Morgan fingerprint density at radius 3 is 2.79 bits per heavy atom. The lowest BCUT2D eigenvalue weighted by molar-refractivity contribution is 0.629. The minimum atomic E-state index is -0.286. The van der Waals surface area contributed by atoms with Crippen molar-refractivity contribution in [3.63, 3.8) is 0 Å². The molecule has 4 rings (SSSR count). The smallest absolute Gasteiger partial charge is 0.137 e. The van der Waals surface area contributed by atoms with Gasteiger partial charge in [-0.05, 0) is 35.9 Å². The van der Waals surface area contributed by atoms with Crippen molar-refractivity contribution >= 4 is 16.7 Å². The van der Waals surface area contributed by atoms with Crippen LogP contribution in [0.3, 0.4) is 0 Å². The lowest BCUT2D eigenvalue weighted by Crippen LogP contribution is -2.03. The van der Waals surface area contributed by atoms with Gasteiger partial charge in [0.25, 0.3) is 0 Å². The first-order valence-corrected chi connectivity index (χ1v) is 7.51. The summed E-state index contributed by atoms with van der Waals surface area (Å²) in [6, 6.07) is 12.3. The van der Waals surface area contributed by atoms with Crippen LogP contribution in [-0.2, 0) is 6.54 Å². The molecule has 0 radical (unpaired) electrons. The highest BCUT2D eigenvalue weighted by molar-refractivity contribution is 5.80. The van der Waals surface area contributed by atoms with Crippen molar-refractivity contribution in [2.45, 2.75) is 6.54 Å². The number of rotatable bonds is 4. The molecule has 118 valence electrons. The Hall–Kier alpha value is -3.28. The molecule has 0 amide bonds. The van der Waals surface area contributed by atoms with E-state index in [1.165, 1.54) is 12.1 Å². The van der Waals surface area contributed by atoms with Gasteiger partial charge in [-0.25, -0.2) is 19.3 Å². The van der Waals surface area contributed by atoms with E-state index in [4.69, 9.17) is 0 Å². The third kappa shape index (κ3) is 2.94. The number of anilines is 1. The van der Waals surface area contributed by atoms with Gasteiger partial charge in [0.2, 0.25) is 0 Å². The minimum Gasteiger partial charge on any atom is -0.366 e. The zero-order valence-corrected chi connectivity index (χ0v) is 12.7. The number of pyridine rings is 2. The Labute approximate surface area is 137 Å². The molecule has 1 aromatic carbocycles. The van der Waals surface area contributed by atoms with Gasteiger partial charge in [0.15, 0.2) is 0 Å². The number of aromatic nitrogens is 4. The van der Waals surface area contributed by atoms with Gasteiger partial charge in [-0.3, -0.25) is 4.57 Å². The van der Waals surface area contributed by atoms with Gasteiger partial charge >= 0.3 is 0 Å². The van der Waals surface area contributed by atoms with E-state index in [1.54, 1.807) is 18.6 Å². The molecule has 3 heterocycles. The summed E-state index contributed by atoms with van der Waals surface area (Å²) in [6.45, 7) is 0.588. The standard InChI is InChI=1S/C18H14FN5/c19-15-4-2-14-3-5-17(23-16(14)9-15)21-10-13-1-6-18(22-11-13)24-8-7-20-12-24/h1-9,11-12H,10H2,(H,21,23). The summed E-state index contributed by atoms with van der Waals surface area (Å²) >= 11 is 0. The van der Waals surface area contributed by atoms with Crippen LogP contribution in [0.2, 0.25) is 0 Å². The number of halogens is 1. The van der Waals surface area contributed by atoms with Crippen molar-refractivity contribution < 1.29 is 4.39 Å². The average Bonchev–Trinajstić information content (AvgIpc) is 3.14. The molecule has 0 saturated carbocycles. The molecule has 0 fully saturated rings. The van der Waals surface area contributed by atoms with Gasteiger partial charge in [-0.1, -0.05) is 6.07 Å². The maximum absolute atomic E-state index is 13.3. The molecular formula is C18H14FN5. The molecule has 0 saturated heterocycles. The van der Waals surface area contributed by atoms with E-state index in [1.807, 2.05) is 41.2 Å². The molecular weight excluding hydrogens is 305 g/mol. The summed E-state index contributed by atoms with van der Waals surface area (Å²) in [6.07, 6.45) is 7.07. The Bertz CT molecular complexity index is 965. The molecule has 0 aliphatic carbocycles. The second kappa shape index (κ2) is 6.08. The maximum atomic E-state index is 13.3. The highest BCUT2D eigenvalue weighted by Gasteiger charge is 2.02. The second-order valence-electron chi connectivity index (χ2n) is 5.38. The van der Waals surface area contributed by atoms with Crippen LogP contribution in [0, 0.1) is 5.82 Å². The molecule has 24 heavy (non-hydrogen) atoms. The number of nitrogens with zero attached hydrogens (tertiary/aromatic N) is 4. The fraction of sp³-hybridized carbons (Fsp3) is 0.0556. The van der Waals surface area contributed by atoms with Gasteiger partial charge in [0.1, 0.15) is 23.8 Å². The molecule has 5 nitrogen and oxygen atoms in total. The number of nitrogens with one attached hydrogen (secondary N) is 1. The molecule has 6 heteroatoms. The summed E-state index contributed by atoms with van der Waals surface area (Å²) in [5.41, 5.74) is 1.66. The first-order chi connectivity index (χ1) is 11.8. The lowest BCUT2D eigenvalue weighted by atomic mass is 10.2. The summed E-state index contributed by atoms with van der Waals surface area (Å²) in [7, 11) is 0. The van der Waals surface area contributed by atoms with E-state index in [0.717, 1.165) is 16.8 Å². The molecule has 0 aliphatic heterocycles. The predicted octanol–water partition coefficient (Wildman–Crippen LogP) is 3.57. The molecule has 1 N–H and O–H groups in total. The topological polar surface area (TPSA) is 55.6 Å². The molecule has 0 unspecified atom stereocenters. The van der Waals surface area contributed by atoms with Crippen LogP contribution in [0.1, 0.15) is 5.56 Å². The number of imidazole rings is 1. The quantitative estimate of drug-likeness (QED) is 0.625. The van der Waals surface area contributed by atoms with Crippen molar-refractivity contribution in [3.8, 4) is 5.82 Å². The first-order valence-electron chi connectivity index (χ1n) is 7.51. The Balaban J connectivity index is 1.48. The van der Waals surface area contributed by atoms with Crippen LogP contribution in [-0.4, -0.2) is 19.5 Å². The van der Waals surface area contributed by atoms with Crippen LogP contribution in [0.25, 0.3) is 16.7 Å². The normalized spacial score (nSPS) is 10.9. The summed E-state index contributed by atoms with van der Waals surface area (Å²) in [5, 5.41) is 4.14. The zero-order valence-electron chi connectivity index (χ0n) is 12.7. The first kappa shape index (κ1) is 14.3. The highest BCUT2D eigenvalue weighted by Crippen LogP contribution is 2.17. The van der Waals surface area contributed by atoms with Gasteiger partial charge in [-0.2, -0.15) is 0 Å². The van der Waals surface area contributed by atoms with Crippen molar-refractivity contribution in [1.29, 1.82) is 0 Å². The molecule has 0 atom stereocenters.